The summed E-state index contributed by atoms with van der Waals surface area (Å²) in [5, 5.41) is 5.69. The molecule has 5 nitrogen and oxygen atoms in total. The van der Waals surface area contributed by atoms with Gasteiger partial charge in [-0.2, -0.15) is 5.10 Å². The zero-order valence-electron chi connectivity index (χ0n) is 10.7. The maximum absolute atomic E-state index is 6.18. The molecule has 2 N–H and O–H groups in total. The van der Waals surface area contributed by atoms with Crippen molar-refractivity contribution in [2.45, 2.75) is 12.5 Å². The molecule has 0 aliphatic heterocycles. The lowest BCUT2D eigenvalue weighted by Crippen LogP contribution is -2.15. The van der Waals surface area contributed by atoms with E-state index in [0.29, 0.717) is 6.42 Å². The van der Waals surface area contributed by atoms with Gasteiger partial charge in [0.05, 0.1) is 22.9 Å². The molecule has 0 saturated heterocycles. The van der Waals surface area contributed by atoms with Crippen LogP contribution in [0.1, 0.15) is 17.4 Å². The summed E-state index contributed by atoms with van der Waals surface area (Å²) in [7, 11) is 1.94. The zero-order chi connectivity index (χ0) is 13.2. The number of benzene rings is 1. The Hall–Kier alpha value is -2.27. The standard InChI is InChI=1S/C14H15N5/c1-19-14-5-3-2-4-10(14)12(18-19)8-11(15)13-9-16-6-7-17-13/h2-7,9,11H,8,15H2,1H3. The van der Waals surface area contributed by atoms with Gasteiger partial charge in [-0.25, -0.2) is 0 Å². The number of hydrogen-bond donors (Lipinski definition) is 1. The van der Waals surface area contributed by atoms with Gasteiger partial charge < -0.3 is 5.73 Å². The molecule has 0 saturated carbocycles. The van der Waals surface area contributed by atoms with Gasteiger partial charge in [0.1, 0.15) is 0 Å². The van der Waals surface area contributed by atoms with Gasteiger partial charge in [0.2, 0.25) is 0 Å². The molecular weight excluding hydrogens is 238 g/mol. The van der Waals surface area contributed by atoms with E-state index in [2.05, 4.69) is 27.2 Å². The van der Waals surface area contributed by atoms with Crippen molar-refractivity contribution in [3.8, 4) is 0 Å². The molecular formula is C14H15N5. The number of hydrogen-bond acceptors (Lipinski definition) is 4. The van der Waals surface area contributed by atoms with E-state index in [-0.39, 0.29) is 6.04 Å². The molecule has 0 spiro atoms. The van der Waals surface area contributed by atoms with Crippen molar-refractivity contribution in [2.24, 2.45) is 12.8 Å². The molecule has 0 radical (unpaired) electrons. The molecule has 0 amide bonds. The second kappa shape index (κ2) is 4.78. The Labute approximate surface area is 111 Å². The molecule has 0 bridgehead atoms. The highest BCUT2D eigenvalue weighted by Gasteiger charge is 2.14. The minimum Gasteiger partial charge on any atom is -0.322 e. The average molecular weight is 253 g/mol. The van der Waals surface area contributed by atoms with Crippen molar-refractivity contribution in [2.75, 3.05) is 0 Å². The quantitative estimate of drug-likeness (QED) is 0.769. The average Bonchev–Trinajstić information content (AvgIpc) is 2.77. The summed E-state index contributed by atoms with van der Waals surface area (Å²) in [4.78, 5) is 8.29. The zero-order valence-corrected chi connectivity index (χ0v) is 10.7. The van der Waals surface area contributed by atoms with E-state index in [4.69, 9.17) is 5.73 Å². The van der Waals surface area contributed by atoms with Crippen LogP contribution in [0.15, 0.2) is 42.9 Å². The van der Waals surface area contributed by atoms with Crippen LogP contribution in [0.3, 0.4) is 0 Å². The number of nitrogens with two attached hydrogens (primary N) is 1. The lowest BCUT2D eigenvalue weighted by molar-refractivity contribution is 0.662. The number of rotatable bonds is 3. The van der Waals surface area contributed by atoms with E-state index < -0.39 is 0 Å². The van der Waals surface area contributed by atoms with Gasteiger partial charge in [0.15, 0.2) is 0 Å². The van der Waals surface area contributed by atoms with Crippen molar-refractivity contribution < 1.29 is 0 Å². The maximum Gasteiger partial charge on any atom is 0.0757 e. The van der Waals surface area contributed by atoms with E-state index in [1.165, 1.54) is 0 Å². The van der Waals surface area contributed by atoms with Gasteiger partial charge in [0.25, 0.3) is 0 Å². The van der Waals surface area contributed by atoms with Crippen LogP contribution in [0.5, 0.6) is 0 Å². The number of nitrogens with zero attached hydrogens (tertiary/aromatic N) is 4. The molecule has 2 heterocycles. The summed E-state index contributed by atoms with van der Waals surface area (Å²) in [5.41, 5.74) is 9.08. The number of fused-ring (bicyclic) bond motifs is 1. The van der Waals surface area contributed by atoms with Gasteiger partial charge >= 0.3 is 0 Å². The second-order valence-corrected chi connectivity index (χ2v) is 4.53. The van der Waals surface area contributed by atoms with E-state index in [1.807, 2.05) is 23.9 Å². The first-order chi connectivity index (χ1) is 9.25. The third-order valence-electron chi connectivity index (χ3n) is 3.21. The van der Waals surface area contributed by atoms with Crippen molar-refractivity contribution in [1.82, 2.24) is 19.7 Å². The van der Waals surface area contributed by atoms with E-state index in [0.717, 1.165) is 22.3 Å². The summed E-state index contributed by atoms with van der Waals surface area (Å²) in [6.45, 7) is 0. The first kappa shape index (κ1) is 11.8. The number of aryl methyl sites for hydroxylation is 1. The predicted molar refractivity (Wildman–Crippen MR) is 73.4 cm³/mol. The second-order valence-electron chi connectivity index (χ2n) is 4.53. The summed E-state index contributed by atoms with van der Waals surface area (Å²) >= 11 is 0. The van der Waals surface area contributed by atoms with E-state index in [9.17, 15) is 0 Å². The maximum atomic E-state index is 6.18. The lowest BCUT2D eigenvalue weighted by Gasteiger charge is -2.08. The van der Waals surface area contributed by atoms with Crippen molar-refractivity contribution >= 4 is 10.9 Å². The number of aromatic nitrogens is 4. The topological polar surface area (TPSA) is 69.6 Å². The summed E-state index contributed by atoms with van der Waals surface area (Å²) in [6, 6.07) is 7.96. The van der Waals surface area contributed by atoms with Gasteiger partial charge in [-0.1, -0.05) is 18.2 Å². The summed E-state index contributed by atoms with van der Waals surface area (Å²) < 4.78 is 1.88. The lowest BCUT2D eigenvalue weighted by atomic mass is 10.1. The minimum atomic E-state index is -0.188. The fourth-order valence-corrected chi connectivity index (χ4v) is 2.25. The first-order valence-corrected chi connectivity index (χ1v) is 6.18. The molecule has 0 aliphatic rings. The molecule has 5 heteroatoms. The van der Waals surface area contributed by atoms with Gasteiger partial charge in [-0.05, 0) is 6.07 Å². The monoisotopic (exact) mass is 253 g/mol. The molecule has 0 aliphatic carbocycles. The van der Waals surface area contributed by atoms with Crippen molar-refractivity contribution in [3.05, 3.63) is 54.2 Å². The Bertz CT molecular complexity index is 689. The summed E-state index contributed by atoms with van der Waals surface area (Å²) in [6.07, 6.45) is 5.66. The highest BCUT2D eigenvalue weighted by atomic mass is 15.3. The van der Waals surface area contributed by atoms with Gasteiger partial charge in [-0.3, -0.25) is 14.6 Å². The highest BCUT2D eigenvalue weighted by molar-refractivity contribution is 5.81. The van der Waals surface area contributed by atoms with E-state index in [1.54, 1.807) is 18.6 Å². The Morgan fingerprint density at radius 3 is 2.89 bits per heavy atom. The van der Waals surface area contributed by atoms with Crippen LogP contribution < -0.4 is 5.73 Å². The van der Waals surface area contributed by atoms with Crippen molar-refractivity contribution in [3.63, 3.8) is 0 Å². The largest absolute Gasteiger partial charge is 0.322 e. The number of para-hydroxylation sites is 1. The molecule has 96 valence electrons. The van der Waals surface area contributed by atoms with Crippen LogP contribution in [0.4, 0.5) is 0 Å². The van der Waals surface area contributed by atoms with Crippen LogP contribution in [0.2, 0.25) is 0 Å². The van der Waals surface area contributed by atoms with Gasteiger partial charge in [-0.15, -0.1) is 0 Å². The Morgan fingerprint density at radius 2 is 2.11 bits per heavy atom. The van der Waals surface area contributed by atoms with Crippen molar-refractivity contribution in [1.29, 1.82) is 0 Å². The highest BCUT2D eigenvalue weighted by Crippen LogP contribution is 2.21. The molecule has 1 unspecified atom stereocenters. The molecule has 2 aromatic heterocycles. The molecule has 1 aromatic carbocycles. The third-order valence-corrected chi connectivity index (χ3v) is 3.21. The van der Waals surface area contributed by atoms with Gasteiger partial charge in [0, 0.05) is 37.4 Å². The van der Waals surface area contributed by atoms with Crippen LogP contribution in [0, 0.1) is 0 Å². The Morgan fingerprint density at radius 1 is 1.26 bits per heavy atom. The van der Waals surface area contributed by atoms with Crippen LogP contribution >= 0.6 is 0 Å². The third kappa shape index (κ3) is 2.20. The van der Waals surface area contributed by atoms with Crippen LogP contribution in [0.25, 0.3) is 10.9 Å². The molecule has 1 atom stereocenters. The Balaban J connectivity index is 1.94. The predicted octanol–water partition coefficient (Wildman–Crippen LogP) is 1.61. The first-order valence-electron chi connectivity index (χ1n) is 6.18. The molecule has 0 fully saturated rings. The molecule has 3 aromatic rings. The summed E-state index contributed by atoms with van der Waals surface area (Å²) in [5.74, 6) is 0. The van der Waals surface area contributed by atoms with Crippen LogP contribution in [-0.4, -0.2) is 19.7 Å². The fourth-order valence-electron chi connectivity index (χ4n) is 2.25. The molecule has 3 rings (SSSR count). The minimum absolute atomic E-state index is 0.188. The molecule has 19 heavy (non-hydrogen) atoms. The van der Waals surface area contributed by atoms with E-state index >= 15 is 0 Å². The smallest absolute Gasteiger partial charge is 0.0757 e. The van der Waals surface area contributed by atoms with Crippen LogP contribution in [-0.2, 0) is 13.5 Å². The fraction of sp³-hybridized carbons (Fsp3) is 0.214. The Kier molecular flexibility index (Phi) is 2.97. The normalized spacial score (nSPS) is 12.7. The SMILES string of the molecule is Cn1nc(CC(N)c2cnccn2)c2ccccc21.